The quantitative estimate of drug-likeness (QED) is 0.663. The summed E-state index contributed by atoms with van der Waals surface area (Å²) in [7, 11) is 0. The molecule has 2 heterocycles. The van der Waals surface area contributed by atoms with E-state index in [1.165, 1.54) is 12.8 Å². The summed E-state index contributed by atoms with van der Waals surface area (Å²) in [6.07, 6.45) is 4.02. The second kappa shape index (κ2) is 3.85. The van der Waals surface area contributed by atoms with E-state index in [1.807, 2.05) is 6.07 Å². The van der Waals surface area contributed by atoms with E-state index in [9.17, 15) is 0 Å². The molecule has 0 aromatic carbocycles. The Balaban J connectivity index is 2.42. The number of halogens is 1. The summed E-state index contributed by atoms with van der Waals surface area (Å²) in [6, 6.07) is 3.96. The summed E-state index contributed by atoms with van der Waals surface area (Å²) in [6.45, 7) is 2.02. The first-order valence-electron chi connectivity index (χ1n) is 4.62. The number of pyridine rings is 1. The van der Waals surface area contributed by atoms with Crippen molar-refractivity contribution in [3.63, 3.8) is 0 Å². The number of rotatable bonds is 1. The molecule has 1 aliphatic rings. The molecule has 1 aromatic rings. The van der Waals surface area contributed by atoms with Gasteiger partial charge in [0.1, 0.15) is 16.8 Å². The number of anilines is 1. The molecule has 0 aliphatic carbocycles. The lowest BCUT2D eigenvalue weighted by molar-refractivity contribution is 0.949. The minimum absolute atomic E-state index is 0.303. The second-order valence-electron chi connectivity index (χ2n) is 3.30. The summed E-state index contributed by atoms with van der Waals surface area (Å²) in [4.78, 5) is 6.08. The molecule has 1 aliphatic heterocycles. The van der Waals surface area contributed by atoms with Gasteiger partial charge in [-0.3, -0.25) is 0 Å². The van der Waals surface area contributed by atoms with Crippen LogP contribution in [0.15, 0.2) is 12.3 Å². The van der Waals surface area contributed by atoms with Crippen LogP contribution in [-0.4, -0.2) is 18.1 Å². The van der Waals surface area contributed by atoms with E-state index in [4.69, 9.17) is 16.9 Å². The summed E-state index contributed by atoms with van der Waals surface area (Å²) in [5.74, 6) is 0. The van der Waals surface area contributed by atoms with Crippen molar-refractivity contribution < 1.29 is 0 Å². The van der Waals surface area contributed by atoms with Crippen molar-refractivity contribution in [2.45, 2.75) is 12.8 Å². The van der Waals surface area contributed by atoms with Gasteiger partial charge in [0.25, 0.3) is 0 Å². The van der Waals surface area contributed by atoms with Crippen molar-refractivity contribution in [2.24, 2.45) is 0 Å². The molecule has 1 fully saturated rings. The molecule has 14 heavy (non-hydrogen) atoms. The van der Waals surface area contributed by atoms with Gasteiger partial charge in [-0.15, -0.1) is 0 Å². The molecule has 0 bridgehead atoms. The fourth-order valence-corrected chi connectivity index (χ4v) is 1.95. The molecule has 0 unspecified atom stereocenters. The molecule has 0 spiro atoms. The molecule has 3 nitrogen and oxygen atoms in total. The molecule has 0 N–H and O–H groups in total. The van der Waals surface area contributed by atoms with Crippen molar-refractivity contribution in [1.29, 1.82) is 5.26 Å². The predicted molar refractivity (Wildman–Crippen MR) is 55.4 cm³/mol. The molecule has 1 aromatic heterocycles. The monoisotopic (exact) mass is 207 g/mol. The van der Waals surface area contributed by atoms with Crippen molar-refractivity contribution >= 4 is 17.3 Å². The lowest BCUT2D eigenvalue weighted by Gasteiger charge is -2.18. The molecule has 0 saturated carbocycles. The van der Waals surface area contributed by atoms with Gasteiger partial charge in [0.05, 0.1) is 5.69 Å². The number of hydrogen-bond acceptors (Lipinski definition) is 3. The third-order valence-corrected chi connectivity index (χ3v) is 2.73. The fraction of sp³-hybridized carbons (Fsp3) is 0.400. The Kier molecular flexibility index (Phi) is 2.55. The van der Waals surface area contributed by atoms with E-state index in [-0.39, 0.29) is 0 Å². The zero-order chi connectivity index (χ0) is 9.97. The van der Waals surface area contributed by atoms with Crippen molar-refractivity contribution in [3.8, 4) is 6.07 Å². The SMILES string of the molecule is N#Cc1c(N2CCCC2)ccnc1Cl. The van der Waals surface area contributed by atoms with Crippen molar-refractivity contribution in [2.75, 3.05) is 18.0 Å². The van der Waals surface area contributed by atoms with Crippen LogP contribution >= 0.6 is 11.6 Å². The first-order chi connectivity index (χ1) is 6.83. The van der Waals surface area contributed by atoms with Gasteiger partial charge in [-0.1, -0.05) is 11.6 Å². The predicted octanol–water partition coefficient (Wildman–Crippen LogP) is 2.21. The maximum atomic E-state index is 8.96. The number of hydrogen-bond donors (Lipinski definition) is 0. The molecule has 2 rings (SSSR count). The van der Waals surface area contributed by atoms with Gasteiger partial charge in [-0.2, -0.15) is 5.26 Å². The molecule has 4 heteroatoms. The Morgan fingerprint density at radius 2 is 2.14 bits per heavy atom. The van der Waals surface area contributed by atoms with E-state index < -0.39 is 0 Å². The third kappa shape index (κ3) is 1.53. The van der Waals surface area contributed by atoms with Gasteiger partial charge in [0, 0.05) is 19.3 Å². The Morgan fingerprint density at radius 1 is 1.43 bits per heavy atom. The van der Waals surface area contributed by atoms with Gasteiger partial charge >= 0.3 is 0 Å². The van der Waals surface area contributed by atoms with E-state index in [2.05, 4.69) is 16.0 Å². The first kappa shape index (κ1) is 9.29. The van der Waals surface area contributed by atoms with Crippen LogP contribution in [0.5, 0.6) is 0 Å². The topological polar surface area (TPSA) is 39.9 Å². The largest absolute Gasteiger partial charge is 0.370 e. The fourth-order valence-electron chi connectivity index (χ4n) is 1.75. The van der Waals surface area contributed by atoms with E-state index in [0.717, 1.165) is 18.8 Å². The van der Waals surface area contributed by atoms with Crippen LogP contribution in [0.3, 0.4) is 0 Å². The minimum atomic E-state index is 0.303. The highest BCUT2D eigenvalue weighted by molar-refractivity contribution is 6.30. The Hall–Kier alpha value is -1.27. The van der Waals surface area contributed by atoms with E-state index >= 15 is 0 Å². The molecular formula is C10H10ClN3. The molecule has 0 atom stereocenters. The van der Waals surface area contributed by atoms with Crippen molar-refractivity contribution in [1.82, 2.24) is 4.98 Å². The summed E-state index contributed by atoms with van der Waals surface area (Å²) in [5.41, 5.74) is 1.42. The van der Waals surface area contributed by atoms with Crippen LogP contribution in [0.4, 0.5) is 5.69 Å². The highest BCUT2D eigenvalue weighted by Crippen LogP contribution is 2.27. The Morgan fingerprint density at radius 3 is 2.79 bits per heavy atom. The average Bonchev–Trinajstić information content (AvgIpc) is 2.70. The summed E-state index contributed by atoms with van der Waals surface area (Å²) in [5, 5.41) is 9.26. The zero-order valence-corrected chi connectivity index (χ0v) is 8.46. The van der Waals surface area contributed by atoms with Gasteiger partial charge < -0.3 is 4.90 Å². The van der Waals surface area contributed by atoms with Gasteiger partial charge in [0.2, 0.25) is 0 Å². The summed E-state index contributed by atoms with van der Waals surface area (Å²) < 4.78 is 0. The number of aromatic nitrogens is 1. The van der Waals surface area contributed by atoms with Gasteiger partial charge in [-0.25, -0.2) is 4.98 Å². The van der Waals surface area contributed by atoms with Crippen LogP contribution in [0.25, 0.3) is 0 Å². The average molecular weight is 208 g/mol. The minimum Gasteiger partial charge on any atom is -0.370 e. The smallest absolute Gasteiger partial charge is 0.148 e. The maximum Gasteiger partial charge on any atom is 0.148 e. The van der Waals surface area contributed by atoms with E-state index in [1.54, 1.807) is 6.20 Å². The number of nitriles is 1. The highest BCUT2D eigenvalue weighted by atomic mass is 35.5. The standard InChI is InChI=1S/C10H10ClN3/c11-10-8(7-12)9(3-4-13-10)14-5-1-2-6-14/h3-4H,1-2,5-6H2. The molecular weight excluding hydrogens is 198 g/mol. The maximum absolute atomic E-state index is 8.96. The lowest BCUT2D eigenvalue weighted by atomic mass is 10.2. The van der Waals surface area contributed by atoms with Crippen LogP contribution in [0.1, 0.15) is 18.4 Å². The van der Waals surface area contributed by atoms with Crippen LogP contribution in [0.2, 0.25) is 5.15 Å². The molecule has 0 amide bonds. The first-order valence-corrected chi connectivity index (χ1v) is 5.00. The third-order valence-electron chi connectivity index (χ3n) is 2.44. The van der Waals surface area contributed by atoms with Crippen LogP contribution in [-0.2, 0) is 0 Å². The van der Waals surface area contributed by atoms with Crippen molar-refractivity contribution in [3.05, 3.63) is 23.0 Å². The second-order valence-corrected chi connectivity index (χ2v) is 3.66. The Bertz CT molecular complexity index is 377. The zero-order valence-electron chi connectivity index (χ0n) is 7.70. The molecule has 1 saturated heterocycles. The normalized spacial score (nSPS) is 15.6. The van der Waals surface area contributed by atoms with E-state index in [0.29, 0.717) is 10.7 Å². The van der Waals surface area contributed by atoms with Gasteiger partial charge in [-0.05, 0) is 18.9 Å². The van der Waals surface area contributed by atoms with Crippen LogP contribution < -0.4 is 4.90 Å². The highest BCUT2D eigenvalue weighted by Gasteiger charge is 2.17. The van der Waals surface area contributed by atoms with Gasteiger partial charge in [0.15, 0.2) is 0 Å². The molecule has 72 valence electrons. The Labute approximate surface area is 87.9 Å². The summed E-state index contributed by atoms with van der Waals surface area (Å²) >= 11 is 5.85. The van der Waals surface area contributed by atoms with Crippen LogP contribution in [0, 0.1) is 11.3 Å². The number of nitrogens with zero attached hydrogens (tertiary/aromatic N) is 3. The molecule has 0 radical (unpaired) electrons. The lowest BCUT2D eigenvalue weighted by Crippen LogP contribution is -2.19.